The van der Waals surface area contributed by atoms with Crippen LogP contribution in [0.25, 0.3) is 22.8 Å². The van der Waals surface area contributed by atoms with Gasteiger partial charge in [-0.1, -0.05) is 6.07 Å². The number of carbonyl (C=O) groups excluding carboxylic acids is 1. The van der Waals surface area contributed by atoms with Gasteiger partial charge in [-0.05, 0) is 60.4 Å². The minimum Gasteiger partial charge on any atom is -0.383 e. The molecule has 0 bridgehead atoms. The van der Waals surface area contributed by atoms with Crippen LogP contribution in [-0.4, -0.2) is 25.5 Å². The highest BCUT2D eigenvalue weighted by Crippen LogP contribution is 2.39. The number of fused-ring (bicyclic) bond motifs is 2. The third-order valence-electron chi connectivity index (χ3n) is 5.85. The normalized spacial score (nSPS) is 15.4. The quantitative estimate of drug-likeness (QED) is 0.504. The standard InChI is InChI=1S/C23H18FN5O/c24-16-4-3-13-7-15(8-14(13)9-16)21(30)18-11-26-29(22(18)25)17-5-6-19-20(10-17)28-23(27-19)12-1-2-12/h3-7,9-12H,1-2,8,25H2,(H,27,28). The van der Waals surface area contributed by atoms with Gasteiger partial charge in [-0.25, -0.2) is 14.1 Å². The molecule has 4 aromatic rings. The molecule has 1 fully saturated rings. The first kappa shape index (κ1) is 17.1. The Morgan fingerprint density at radius 3 is 2.90 bits per heavy atom. The second-order valence-corrected chi connectivity index (χ2v) is 7.97. The number of hydrogen-bond acceptors (Lipinski definition) is 4. The highest BCUT2D eigenvalue weighted by molar-refractivity contribution is 6.15. The van der Waals surface area contributed by atoms with Gasteiger partial charge in [-0.3, -0.25) is 4.79 Å². The molecule has 2 heterocycles. The van der Waals surface area contributed by atoms with E-state index in [1.54, 1.807) is 16.8 Å². The highest BCUT2D eigenvalue weighted by Gasteiger charge is 2.27. The van der Waals surface area contributed by atoms with Crippen LogP contribution in [0.3, 0.4) is 0 Å². The predicted molar refractivity (Wildman–Crippen MR) is 112 cm³/mol. The molecular formula is C23H18FN5O. The van der Waals surface area contributed by atoms with Gasteiger partial charge in [0.2, 0.25) is 0 Å². The van der Waals surface area contributed by atoms with Crippen molar-refractivity contribution in [2.24, 2.45) is 0 Å². The topological polar surface area (TPSA) is 89.6 Å². The lowest BCUT2D eigenvalue weighted by atomic mass is 10.0. The van der Waals surface area contributed by atoms with Crippen molar-refractivity contribution in [2.75, 3.05) is 5.73 Å². The molecule has 7 heteroatoms. The number of anilines is 1. The van der Waals surface area contributed by atoms with E-state index in [9.17, 15) is 9.18 Å². The van der Waals surface area contributed by atoms with Crippen LogP contribution in [-0.2, 0) is 6.42 Å². The Hall–Kier alpha value is -3.74. The molecule has 2 aromatic carbocycles. The molecule has 6 rings (SSSR count). The molecule has 0 amide bonds. The number of aromatic nitrogens is 4. The minimum atomic E-state index is -0.303. The number of ketones is 1. The van der Waals surface area contributed by atoms with Crippen molar-refractivity contribution in [3.8, 4) is 5.69 Å². The summed E-state index contributed by atoms with van der Waals surface area (Å²) in [6, 6.07) is 10.3. The number of allylic oxidation sites excluding steroid dienone is 1. The van der Waals surface area contributed by atoms with Crippen molar-refractivity contribution in [3.63, 3.8) is 0 Å². The maximum absolute atomic E-state index is 13.5. The van der Waals surface area contributed by atoms with Crippen LogP contribution in [0.4, 0.5) is 10.2 Å². The molecule has 0 spiro atoms. The third kappa shape index (κ3) is 2.66. The Balaban J connectivity index is 1.32. The molecule has 6 nitrogen and oxygen atoms in total. The maximum atomic E-state index is 13.5. The summed E-state index contributed by atoms with van der Waals surface area (Å²) >= 11 is 0. The molecule has 3 N–H and O–H groups in total. The largest absolute Gasteiger partial charge is 0.383 e. The lowest BCUT2D eigenvalue weighted by molar-refractivity contribution is 0.103. The highest BCUT2D eigenvalue weighted by atomic mass is 19.1. The van der Waals surface area contributed by atoms with E-state index in [-0.39, 0.29) is 17.4 Å². The second kappa shape index (κ2) is 6.13. The number of H-pyrrole nitrogens is 1. The average Bonchev–Trinajstić information content (AvgIpc) is 3.18. The van der Waals surface area contributed by atoms with Gasteiger partial charge >= 0.3 is 0 Å². The third-order valence-corrected chi connectivity index (χ3v) is 5.85. The summed E-state index contributed by atoms with van der Waals surface area (Å²) in [4.78, 5) is 21.1. The van der Waals surface area contributed by atoms with Gasteiger partial charge in [0.05, 0.1) is 28.5 Å². The van der Waals surface area contributed by atoms with E-state index in [1.807, 2.05) is 18.2 Å². The SMILES string of the molecule is Nc1c(C(=O)C2=Cc3ccc(F)cc3C2)cnn1-c1ccc2nc(C3CC3)[nH]c2c1. The molecule has 0 atom stereocenters. The Labute approximate surface area is 171 Å². The fourth-order valence-electron chi connectivity index (χ4n) is 4.07. The van der Waals surface area contributed by atoms with E-state index in [4.69, 9.17) is 5.73 Å². The summed E-state index contributed by atoms with van der Waals surface area (Å²) in [5.74, 6) is 1.35. The molecule has 2 aromatic heterocycles. The van der Waals surface area contributed by atoms with Crippen LogP contribution < -0.4 is 5.73 Å². The molecule has 2 aliphatic rings. The van der Waals surface area contributed by atoms with Crippen LogP contribution in [0.1, 0.15) is 46.1 Å². The maximum Gasteiger partial charge on any atom is 0.194 e. The Kier molecular flexibility index (Phi) is 3.50. The van der Waals surface area contributed by atoms with Crippen molar-refractivity contribution in [2.45, 2.75) is 25.2 Å². The molecule has 0 unspecified atom stereocenters. The van der Waals surface area contributed by atoms with Crippen molar-refractivity contribution in [1.29, 1.82) is 0 Å². The van der Waals surface area contributed by atoms with Crippen molar-refractivity contribution >= 4 is 28.7 Å². The Morgan fingerprint density at radius 1 is 1.20 bits per heavy atom. The first-order valence-electron chi connectivity index (χ1n) is 9.94. The Morgan fingerprint density at radius 2 is 2.07 bits per heavy atom. The molecule has 0 aliphatic heterocycles. The van der Waals surface area contributed by atoms with E-state index in [1.165, 1.54) is 31.2 Å². The van der Waals surface area contributed by atoms with Gasteiger partial charge in [-0.15, -0.1) is 0 Å². The number of imidazole rings is 1. The number of nitrogens with zero attached hydrogens (tertiary/aromatic N) is 3. The number of nitrogens with two attached hydrogens (primary N) is 1. The van der Waals surface area contributed by atoms with Gasteiger partial charge in [0.15, 0.2) is 5.78 Å². The van der Waals surface area contributed by atoms with Gasteiger partial charge in [-0.2, -0.15) is 5.10 Å². The number of carbonyl (C=O) groups is 1. The fraction of sp³-hybridized carbons (Fsp3) is 0.174. The summed E-state index contributed by atoms with van der Waals surface area (Å²) < 4.78 is 15.0. The first-order chi connectivity index (χ1) is 14.6. The van der Waals surface area contributed by atoms with E-state index < -0.39 is 0 Å². The molecule has 30 heavy (non-hydrogen) atoms. The molecular weight excluding hydrogens is 381 g/mol. The number of rotatable bonds is 4. The van der Waals surface area contributed by atoms with Crippen LogP contribution in [0.15, 0.2) is 48.2 Å². The van der Waals surface area contributed by atoms with E-state index in [0.717, 1.165) is 33.7 Å². The summed E-state index contributed by atoms with van der Waals surface area (Å²) in [6.07, 6.45) is 6.03. The number of nitrogens with one attached hydrogen (secondary N) is 1. The second-order valence-electron chi connectivity index (χ2n) is 7.97. The summed E-state index contributed by atoms with van der Waals surface area (Å²) in [5.41, 5.74) is 11.5. The zero-order valence-electron chi connectivity index (χ0n) is 16.0. The fourth-order valence-corrected chi connectivity index (χ4v) is 4.07. The van der Waals surface area contributed by atoms with E-state index in [2.05, 4.69) is 15.1 Å². The number of nitrogen functional groups attached to an aromatic ring is 1. The van der Waals surface area contributed by atoms with Crippen LogP contribution in [0.5, 0.6) is 0 Å². The molecule has 1 saturated carbocycles. The monoisotopic (exact) mass is 399 g/mol. The van der Waals surface area contributed by atoms with Crippen LogP contribution >= 0.6 is 0 Å². The van der Waals surface area contributed by atoms with Crippen molar-refractivity contribution in [3.05, 3.63) is 76.5 Å². The van der Waals surface area contributed by atoms with Crippen LogP contribution in [0, 0.1) is 5.82 Å². The Bertz CT molecular complexity index is 1380. The summed E-state index contributed by atoms with van der Waals surface area (Å²) in [7, 11) is 0. The lowest BCUT2D eigenvalue weighted by Crippen LogP contribution is -2.08. The number of halogens is 1. The van der Waals surface area contributed by atoms with Gasteiger partial charge in [0, 0.05) is 17.9 Å². The average molecular weight is 399 g/mol. The number of aromatic amines is 1. The first-order valence-corrected chi connectivity index (χ1v) is 9.94. The molecule has 2 aliphatic carbocycles. The van der Waals surface area contributed by atoms with Crippen molar-refractivity contribution < 1.29 is 9.18 Å². The van der Waals surface area contributed by atoms with E-state index in [0.29, 0.717) is 23.5 Å². The number of benzene rings is 2. The smallest absolute Gasteiger partial charge is 0.194 e. The molecule has 0 radical (unpaired) electrons. The summed E-state index contributed by atoms with van der Waals surface area (Å²) in [6.45, 7) is 0. The van der Waals surface area contributed by atoms with Crippen LogP contribution in [0.2, 0.25) is 0 Å². The lowest BCUT2D eigenvalue weighted by Gasteiger charge is -2.05. The van der Waals surface area contributed by atoms with E-state index >= 15 is 0 Å². The summed E-state index contributed by atoms with van der Waals surface area (Å²) in [5, 5.41) is 4.35. The number of Topliss-reactive ketones (excluding diaryl/α,β-unsaturated/α-hetero) is 1. The zero-order chi connectivity index (χ0) is 20.4. The predicted octanol–water partition coefficient (Wildman–Crippen LogP) is 4.17. The molecule has 148 valence electrons. The molecule has 0 saturated heterocycles. The number of hydrogen-bond donors (Lipinski definition) is 2. The minimum absolute atomic E-state index is 0.186. The zero-order valence-corrected chi connectivity index (χ0v) is 16.0. The van der Waals surface area contributed by atoms with Gasteiger partial charge in [0.1, 0.15) is 17.5 Å². The van der Waals surface area contributed by atoms with Crippen molar-refractivity contribution in [1.82, 2.24) is 19.7 Å². The van der Waals surface area contributed by atoms with Gasteiger partial charge in [0.25, 0.3) is 0 Å². The van der Waals surface area contributed by atoms with Gasteiger partial charge < -0.3 is 10.7 Å².